The first kappa shape index (κ1) is 24.1. The maximum absolute atomic E-state index is 9.19. The van der Waals surface area contributed by atoms with Gasteiger partial charge in [0.2, 0.25) is 0 Å². The molecular formula is C28H34O4. The molecule has 2 N–H and O–H groups in total. The lowest BCUT2D eigenvalue weighted by molar-refractivity contribution is -0.0698. The van der Waals surface area contributed by atoms with Crippen LogP contribution in [0, 0.1) is 0 Å². The van der Waals surface area contributed by atoms with Gasteiger partial charge in [-0.15, -0.1) is 0 Å². The number of benzene rings is 3. The van der Waals surface area contributed by atoms with Crippen molar-refractivity contribution in [2.45, 2.75) is 37.4 Å². The Bertz CT molecular complexity index is 761. The third-order valence-corrected chi connectivity index (χ3v) is 5.62. The summed E-state index contributed by atoms with van der Waals surface area (Å²) in [6.45, 7) is 1.16. The molecule has 0 bridgehead atoms. The van der Waals surface area contributed by atoms with E-state index in [1.807, 2.05) is 54.6 Å². The smallest absolute Gasteiger partial charge is 0.143 e. The minimum atomic E-state index is -0.778. The van der Waals surface area contributed by atoms with Gasteiger partial charge in [-0.2, -0.15) is 0 Å². The minimum absolute atomic E-state index is 0.103. The monoisotopic (exact) mass is 434 g/mol. The van der Waals surface area contributed by atoms with E-state index in [0.29, 0.717) is 19.6 Å². The molecule has 4 nitrogen and oxygen atoms in total. The van der Waals surface area contributed by atoms with Crippen molar-refractivity contribution in [1.82, 2.24) is 0 Å². The zero-order valence-electron chi connectivity index (χ0n) is 18.6. The van der Waals surface area contributed by atoms with Crippen LogP contribution in [0.5, 0.6) is 0 Å². The Morgan fingerprint density at radius 1 is 0.625 bits per heavy atom. The number of rotatable bonds is 14. The van der Waals surface area contributed by atoms with Crippen molar-refractivity contribution in [3.05, 3.63) is 108 Å². The summed E-state index contributed by atoms with van der Waals surface area (Å²) in [6.07, 6.45) is 2.86. The molecule has 0 aliphatic carbocycles. The van der Waals surface area contributed by atoms with Gasteiger partial charge < -0.3 is 19.7 Å². The van der Waals surface area contributed by atoms with E-state index in [2.05, 4.69) is 36.4 Å². The van der Waals surface area contributed by atoms with Crippen LogP contribution in [0.15, 0.2) is 91.0 Å². The van der Waals surface area contributed by atoms with Gasteiger partial charge in [-0.05, 0) is 42.4 Å². The molecule has 0 saturated heterocycles. The van der Waals surface area contributed by atoms with Crippen molar-refractivity contribution in [1.29, 1.82) is 0 Å². The SMILES string of the molecule is OCCCC[C@@H](COC(c1ccccc1)(c1ccccc1)c1ccccc1)OCCCO. The molecule has 3 rings (SSSR count). The molecule has 3 aromatic rings. The Balaban J connectivity index is 1.98. The van der Waals surface area contributed by atoms with E-state index in [4.69, 9.17) is 14.6 Å². The fourth-order valence-electron chi connectivity index (χ4n) is 4.00. The second-order valence-corrected chi connectivity index (χ2v) is 7.88. The minimum Gasteiger partial charge on any atom is -0.396 e. The van der Waals surface area contributed by atoms with Crippen molar-refractivity contribution in [2.24, 2.45) is 0 Å². The van der Waals surface area contributed by atoms with Gasteiger partial charge >= 0.3 is 0 Å². The number of unbranched alkanes of at least 4 members (excludes halogenated alkanes) is 1. The number of hydrogen-bond donors (Lipinski definition) is 2. The summed E-state index contributed by atoms with van der Waals surface area (Å²) in [5, 5.41) is 18.3. The van der Waals surface area contributed by atoms with E-state index < -0.39 is 5.60 Å². The van der Waals surface area contributed by atoms with Crippen LogP contribution >= 0.6 is 0 Å². The predicted molar refractivity (Wildman–Crippen MR) is 128 cm³/mol. The molecule has 0 saturated carbocycles. The Morgan fingerprint density at radius 3 is 1.53 bits per heavy atom. The van der Waals surface area contributed by atoms with Crippen LogP contribution in [0.25, 0.3) is 0 Å². The first-order chi connectivity index (χ1) is 15.8. The molecule has 1 atom stereocenters. The van der Waals surface area contributed by atoms with Gasteiger partial charge in [0.1, 0.15) is 5.60 Å². The van der Waals surface area contributed by atoms with Crippen LogP contribution in [0.3, 0.4) is 0 Å². The molecule has 0 aliphatic rings. The topological polar surface area (TPSA) is 58.9 Å². The van der Waals surface area contributed by atoms with Crippen LogP contribution in [-0.2, 0) is 15.1 Å². The van der Waals surface area contributed by atoms with Crippen molar-refractivity contribution in [3.63, 3.8) is 0 Å². The second-order valence-electron chi connectivity index (χ2n) is 7.88. The summed E-state index contributed by atoms with van der Waals surface area (Å²) in [5.74, 6) is 0. The zero-order chi connectivity index (χ0) is 22.5. The van der Waals surface area contributed by atoms with Gasteiger partial charge in [-0.1, -0.05) is 91.0 Å². The van der Waals surface area contributed by atoms with E-state index in [-0.39, 0.29) is 19.3 Å². The fraction of sp³-hybridized carbons (Fsp3) is 0.357. The Hall–Kier alpha value is -2.50. The fourth-order valence-corrected chi connectivity index (χ4v) is 4.00. The third kappa shape index (κ3) is 6.27. The molecule has 3 aromatic carbocycles. The molecule has 0 fully saturated rings. The summed E-state index contributed by atoms with van der Waals surface area (Å²) in [4.78, 5) is 0. The number of ether oxygens (including phenoxy) is 2. The molecule has 170 valence electrons. The summed E-state index contributed by atoms with van der Waals surface area (Å²) < 4.78 is 12.9. The second kappa shape index (κ2) is 13.1. The molecule has 0 aromatic heterocycles. The number of hydrogen-bond acceptors (Lipinski definition) is 4. The van der Waals surface area contributed by atoms with Crippen LogP contribution < -0.4 is 0 Å². The average Bonchev–Trinajstić information content (AvgIpc) is 2.86. The van der Waals surface area contributed by atoms with E-state index in [0.717, 1.165) is 36.0 Å². The summed E-state index contributed by atoms with van der Waals surface area (Å²) in [5.41, 5.74) is 2.39. The zero-order valence-corrected chi connectivity index (χ0v) is 18.6. The van der Waals surface area contributed by atoms with Gasteiger partial charge in [0.15, 0.2) is 0 Å². The quantitative estimate of drug-likeness (QED) is 0.279. The van der Waals surface area contributed by atoms with Gasteiger partial charge in [0.25, 0.3) is 0 Å². The molecule has 0 aliphatic heterocycles. The van der Waals surface area contributed by atoms with Crippen molar-refractivity contribution in [2.75, 3.05) is 26.4 Å². The van der Waals surface area contributed by atoms with Crippen LogP contribution in [-0.4, -0.2) is 42.7 Å². The standard InChI is InChI=1S/C28H34O4/c29-20-11-10-19-27(31-22-12-21-30)23-32-28(24-13-4-1-5-14-24,25-15-6-2-7-16-25)26-17-8-3-9-18-26/h1-9,13-18,27,29-30H,10-12,19-23H2/t27-/m0/s1. The lowest BCUT2D eigenvalue weighted by Gasteiger charge is -2.37. The molecule has 0 amide bonds. The van der Waals surface area contributed by atoms with E-state index >= 15 is 0 Å². The highest BCUT2D eigenvalue weighted by Gasteiger charge is 2.38. The molecule has 0 heterocycles. The molecule has 4 heteroatoms. The lowest BCUT2D eigenvalue weighted by Crippen LogP contribution is -2.36. The van der Waals surface area contributed by atoms with Gasteiger partial charge in [0.05, 0.1) is 12.7 Å². The maximum Gasteiger partial charge on any atom is 0.143 e. The van der Waals surface area contributed by atoms with Crippen molar-refractivity contribution in [3.8, 4) is 0 Å². The highest BCUT2D eigenvalue weighted by Crippen LogP contribution is 2.40. The van der Waals surface area contributed by atoms with Crippen LogP contribution in [0.1, 0.15) is 42.4 Å². The summed E-state index contributed by atoms with van der Waals surface area (Å²) in [7, 11) is 0. The molecule has 0 unspecified atom stereocenters. The normalized spacial score (nSPS) is 12.6. The molecule has 0 radical (unpaired) electrons. The Kier molecular flexibility index (Phi) is 9.92. The largest absolute Gasteiger partial charge is 0.396 e. The van der Waals surface area contributed by atoms with E-state index in [1.54, 1.807) is 0 Å². The Labute approximate surface area is 191 Å². The summed E-state index contributed by atoms with van der Waals surface area (Å²) in [6, 6.07) is 30.9. The van der Waals surface area contributed by atoms with Gasteiger partial charge in [-0.3, -0.25) is 0 Å². The molecule has 32 heavy (non-hydrogen) atoms. The third-order valence-electron chi connectivity index (χ3n) is 5.62. The predicted octanol–water partition coefficient (Wildman–Crippen LogP) is 4.93. The first-order valence-corrected chi connectivity index (χ1v) is 11.4. The number of aliphatic hydroxyl groups is 2. The molecular weight excluding hydrogens is 400 g/mol. The van der Waals surface area contributed by atoms with Crippen LogP contribution in [0.2, 0.25) is 0 Å². The number of aliphatic hydroxyl groups excluding tert-OH is 2. The van der Waals surface area contributed by atoms with Gasteiger partial charge in [0, 0.05) is 19.8 Å². The highest BCUT2D eigenvalue weighted by atomic mass is 16.5. The average molecular weight is 435 g/mol. The van der Waals surface area contributed by atoms with E-state index in [9.17, 15) is 5.11 Å². The lowest BCUT2D eigenvalue weighted by atomic mass is 9.80. The Morgan fingerprint density at radius 2 is 1.09 bits per heavy atom. The van der Waals surface area contributed by atoms with Crippen molar-refractivity contribution >= 4 is 0 Å². The molecule has 0 spiro atoms. The van der Waals surface area contributed by atoms with E-state index in [1.165, 1.54) is 0 Å². The highest BCUT2D eigenvalue weighted by molar-refractivity contribution is 5.47. The van der Waals surface area contributed by atoms with Crippen molar-refractivity contribution < 1.29 is 19.7 Å². The van der Waals surface area contributed by atoms with Crippen LogP contribution in [0.4, 0.5) is 0 Å². The summed E-state index contributed by atoms with van der Waals surface area (Å²) >= 11 is 0. The first-order valence-electron chi connectivity index (χ1n) is 11.4. The van der Waals surface area contributed by atoms with Gasteiger partial charge in [-0.25, -0.2) is 0 Å². The maximum atomic E-state index is 9.19.